The van der Waals surface area contributed by atoms with Gasteiger partial charge in [-0.2, -0.15) is 0 Å². The fraction of sp³-hybridized carbons (Fsp3) is 0.0952. The van der Waals surface area contributed by atoms with Gasteiger partial charge in [0.25, 0.3) is 0 Å². The molecule has 3 rings (SSSR count). The number of nitrogens with one attached hydrogen (secondary N) is 1. The zero-order valence-corrected chi connectivity index (χ0v) is 15.0. The first-order chi connectivity index (χ1) is 13.5. The average Bonchev–Trinajstić information content (AvgIpc) is 2.68. The highest BCUT2D eigenvalue weighted by Crippen LogP contribution is 2.22. The number of rotatable bonds is 6. The van der Waals surface area contributed by atoms with Crippen LogP contribution in [-0.4, -0.2) is 15.9 Å². The minimum atomic E-state index is -0.731. The summed E-state index contributed by atoms with van der Waals surface area (Å²) in [6, 6.07) is 12.2. The number of benzene rings is 2. The standard InChI is InChI=1S/C21H17F2N3O2/c1-14(26-20(27)10-9-17-18(22)7-3-8-19(17)23)15-5-2-6-16(13-15)28-21-24-11-4-12-25-21/h2-14H,1H3,(H,26,27)/b10-9+/t14-/m0/s1. The van der Waals surface area contributed by atoms with Crippen LogP contribution in [0.5, 0.6) is 11.8 Å². The smallest absolute Gasteiger partial charge is 0.321 e. The molecule has 0 spiro atoms. The van der Waals surface area contributed by atoms with Gasteiger partial charge in [0, 0.05) is 24.0 Å². The van der Waals surface area contributed by atoms with E-state index in [1.807, 2.05) is 6.07 Å². The number of ether oxygens (including phenoxy) is 1. The Morgan fingerprint density at radius 2 is 1.75 bits per heavy atom. The molecule has 0 aliphatic heterocycles. The molecule has 0 saturated carbocycles. The van der Waals surface area contributed by atoms with Crippen LogP contribution in [0.15, 0.2) is 67.0 Å². The van der Waals surface area contributed by atoms with Crippen molar-refractivity contribution in [3.8, 4) is 11.8 Å². The molecule has 0 unspecified atom stereocenters. The lowest BCUT2D eigenvalue weighted by molar-refractivity contribution is -0.117. The largest absolute Gasteiger partial charge is 0.424 e. The van der Waals surface area contributed by atoms with Gasteiger partial charge in [-0.3, -0.25) is 4.79 Å². The molecule has 5 nitrogen and oxygen atoms in total. The summed E-state index contributed by atoms with van der Waals surface area (Å²) in [4.78, 5) is 20.1. The van der Waals surface area contributed by atoms with E-state index in [1.54, 1.807) is 43.6 Å². The van der Waals surface area contributed by atoms with Crippen LogP contribution in [0, 0.1) is 11.6 Å². The summed E-state index contributed by atoms with van der Waals surface area (Å²) in [6.45, 7) is 1.79. The molecule has 0 bridgehead atoms. The summed E-state index contributed by atoms with van der Waals surface area (Å²) < 4.78 is 32.8. The van der Waals surface area contributed by atoms with Gasteiger partial charge >= 0.3 is 6.01 Å². The molecule has 0 fully saturated rings. The van der Waals surface area contributed by atoms with Gasteiger partial charge in [0.2, 0.25) is 5.91 Å². The van der Waals surface area contributed by atoms with Crippen molar-refractivity contribution in [1.82, 2.24) is 15.3 Å². The Morgan fingerprint density at radius 1 is 1.07 bits per heavy atom. The maximum absolute atomic E-state index is 13.6. The fourth-order valence-corrected chi connectivity index (χ4v) is 2.46. The fourth-order valence-electron chi connectivity index (χ4n) is 2.46. The van der Waals surface area contributed by atoms with Gasteiger partial charge in [-0.15, -0.1) is 0 Å². The predicted molar refractivity (Wildman–Crippen MR) is 100 cm³/mol. The second kappa shape index (κ2) is 8.85. The monoisotopic (exact) mass is 381 g/mol. The lowest BCUT2D eigenvalue weighted by atomic mass is 10.1. The number of carbonyl (C=O) groups is 1. The van der Waals surface area contributed by atoms with Gasteiger partial charge in [-0.1, -0.05) is 18.2 Å². The Hall–Kier alpha value is -3.61. The number of halogens is 2. The quantitative estimate of drug-likeness (QED) is 0.641. The Balaban J connectivity index is 1.65. The third-order valence-electron chi connectivity index (χ3n) is 3.87. The van der Waals surface area contributed by atoms with Gasteiger partial charge in [0.15, 0.2) is 0 Å². The van der Waals surface area contributed by atoms with Crippen LogP contribution in [0.3, 0.4) is 0 Å². The molecule has 0 saturated heterocycles. The van der Waals surface area contributed by atoms with E-state index >= 15 is 0 Å². The van der Waals surface area contributed by atoms with Gasteiger partial charge in [-0.25, -0.2) is 18.7 Å². The Morgan fingerprint density at radius 3 is 2.46 bits per heavy atom. The molecule has 2 aromatic carbocycles. The summed E-state index contributed by atoms with van der Waals surface area (Å²) >= 11 is 0. The summed E-state index contributed by atoms with van der Waals surface area (Å²) in [5.41, 5.74) is 0.524. The molecular formula is C21H17F2N3O2. The molecule has 1 heterocycles. The van der Waals surface area contributed by atoms with E-state index in [0.29, 0.717) is 5.75 Å². The van der Waals surface area contributed by atoms with E-state index in [9.17, 15) is 13.6 Å². The first-order valence-corrected chi connectivity index (χ1v) is 8.50. The average molecular weight is 381 g/mol. The number of carbonyl (C=O) groups excluding carboxylic acids is 1. The second-order valence-corrected chi connectivity index (χ2v) is 5.90. The SMILES string of the molecule is C[C@H](NC(=O)/C=C/c1c(F)cccc1F)c1cccc(Oc2ncccn2)c1. The van der Waals surface area contributed by atoms with Crippen LogP contribution in [-0.2, 0) is 4.79 Å². The van der Waals surface area contributed by atoms with Gasteiger partial charge in [-0.05, 0) is 48.9 Å². The maximum atomic E-state index is 13.6. The number of amides is 1. The molecule has 0 radical (unpaired) electrons. The molecule has 0 aliphatic rings. The van der Waals surface area contributed by atoms with Crippen LogP contribution in [0.2, 0.25) is 0 Å². The molecule has 7 heteroatoms. The maximum Gasteiger partial charge on any atom is 0.321 e. The highest BCUT2D eigenvalue weighted by molar-refractivity contribution is 5.92. The van der Waals surface area contributed by atoms with Crippen LogP contribution >= 0.6 is 0 Å². The molecule has 1 aromatic heterocycles. The molecule has 142 valence electrons. The Kier molecular flexibility index (Phi) is 6.06. The molecular weight excluding hydrogens is 364 g/mol. The normalized spacial score (nSPS) is 12.0. The molecule has 0 aliphatic carbocycles. The summed E-state index contributed by atoms with van der Waals surface area (Å²) in [7, 11) is 0. The predicted octanol–water partition coefficient (Wildman–Crippen LogP) is 4.44. The van der Waals surface area contributed by atoms with Crippen molar-refractivity contribution in [2.45, 2.75) is 13.0 Å². The van der Waals surface area contributed by atoms with Crippen LogP contribution in [0.4, 0.5) is 8.78 Å². The molecule has 28 heavy (non-hydrogen) atoms. The van der Waals surface area contributed by atoms with Crippen molar-refractivity contribution in [2.24, 2.45) is 0 Å². The summed E-state index contributed by atoms with van der Waals surface area (Å²) in [5, 5.41) is 2.74. The van der Waals surface area contributed by atoms with Crippen molar-refractivity contribution in [3.05, 3.63) is 89.8 Å². The van der Waals surface area contributed by atoms with Crippen molar-refractivity contribution in [3.63, 3.8) is 0 Å². The topological polar surface area (TPSA) is 64.1 Å². The van der Waals surface area contributed by atoms with E-state index in [2.05, 4.69) is 15.3 Å². The Bertz CT molecular complexity index is 974. The number of hydrogen-bond acceptors (Lipinski definition) is 4. The number of nitrogens with zero attached hydrogens (tertiary/aromatic N) is 2. The summed E-state index contributed by atoms with van der Waals surface area (Å²) in [6.07, 6.45) is 5.34. The first kappa shape index (κ1) is 19.2. The zero-order chi connectivity index (χ0) is 19.9. The van der Waals surface area contributed by atoms with Crippen molar-refractivity contribution < 1.29 is 18.3 Å². The lowest BCUT2D eigenvalue weighted by Gasteiger charge is -2.14. The van der Waals surface area contributed by atoms with Crippen LogP contribution < -0.4 is 10.1 Å². The van der Waals surface area contributed by atoms with E-state index < -0.39 is 17.5 Å². The third-order valence-corrected chi connectivity index (χ3v) is 3.87. The third kappa shape index (κ3) is 4.97. The van der Waals surface area contributed by atoms with Crippen molar-refractivity contribution >= 4 is 12.0 Å². The zero-order valence-electron chi connectivity index (χ0n) is 15.0. The van der Waals surface area contributed by atoms with Crippen molar-refractivity contribution in [1.29, 1.82) is 0 Å². The van der Waals surface area contributed by atoms with E-state index in [-0.39, 0.29) is 17.6 Å². The number of aromatic nitrogens is 2. The molecule has 1 atom stereocenters. The molecule has 1 amide bonds. The highest BCUT2D eigenvalue weighted by atomic mass is 19.1. The molecule has 1 N–H and O–H groups in total. The van der Waals surface area contributed by atoms with Crippen molar-refractivity contribution in [2.75, 3.05) is 0 Å². The minimum Gasteiger partial charge on any atom is -0.424 e. The lowest BCUT2D eigenvalue weighted by Crippen LogP contribution is -2.24. The Labute approximate surface area is 160 Å². The van der Waals surface area contributed by atoms with E-state index in [0.717, 1.165) is 29.8 Å². The first-order valence-electron chi connectivity index (χ1n) is 8.50. The van der Waals surface area contributed by atoms with E-state index in [4.69, 9.17) is 4.74 Å². The number of hydrogen-bond donors (Lipinski definition) is 1. The minimum absolute atomic E-state index is 0.214. The van der Waals surface area contributed by atoms with Gasteiger partial charge < -0.3 is 10.1 Å². The second-order valence-electron chi connectivity index (χ2n) is 5.90. The van der Waals surface area contributed by atoms with Gasteiger partial charge in [0.05, 0.1) is 6.04 Å². The van der Waals surface area contributed by atoms with Crippen LogP contribution in [0.25, 0.3) is 6.08 Å². The molecule has 3 aromatic rings. The summed E-state index contributed by atoms with van der Waals surface area (Å²) in [5.74, 6) is -1.42. The van der Waals surface area contributed by atoms with Crippen LogP contribution in [0.1, 0.15) is 24.1 Å². The van der Waals surface area contributed by atoms with Gasteiger partial charge in [0.1, 0.15) is 17.4 Å². The van der Waals surface area contributed by atoms with E-state index in [1.165, 1.54) is 6.07 Å². The highest BCUT2D eigenvalue weighted by Gasteiger charge is 2.10.